The molecule has 0 aliphatic carbocycles. The molecule has 1 atom stereocenters. The zero-order valence-electron chi connectivity index (χ0n) is 17.5. The van der Waals surface area contributed by atoms with Crippen molar-refractivity contribution in [2.45, 2.75) is 13.0 Å². The summed E-state index contributed by atoms with van der Waals surface area (Å²) in [5.41, 5.74) is 2.14. The second-order valence-electron chi connectivity index (χ2n) is 7.39. The maximum absolute atomic E-state index is 12.9. The van der Waals surface area contributed by atoms with Gasteiger partial charge in [0.1, 0.15) is 10.7 Å². The van der Waals surface area contributed by atoms with E-state index in [0.717, 1.165) is 10.5 Å². The maximum Gasteiger partial charge on any atom is 0.283 e. The highest BCUT2D eigenvalue weighted by atomic mass is 35.5. The summed E-state index contributed by atoms with van der Waals surface area (Å²) in [7, 11) is 0. The predicted molar refractivity (Wildman–Crippen MR) is 129 cm³/mol. The van der Waals surface area contributed by atoms with Crippen molar-refractivity contribution in [3.8, 4) is 0 Å². The lowest BCUT2D eigenvalue weighted by Crippen LogP contribution is -2.32. The van der Waals surface area contributed by atoms with E-state index >= 15 is 0 Å². The topological polar surface area (TPSA) is 78.5 Å². The molecule has 0 saturated heterocycles. The molecule has 0 bridgehead atoms. The summed E-state index contributed by atoms with van der Waals surface area (Å²) in [5, 5.41) is 5.85. The van der Waals surface area contributed by atoms with Gasteiger partial charge in [-0.25, -0.2) is 4.90 Å². The fourth-order valence-corrected chi connectivity index (χ4v) is 3.85. The molecule has 6 nitrogen and oxygen atoms in total. The number of anilines is 2. The highest BCUT2D eigenvalue weighted by molar-refractivity contribution is 6.53. The van der Waals surface area contributed by atoms with Crippen molar-refractivity contribution in [3.63, 3.8) is 0 Å². The third-order valence-corrected chi connectivity index (χ3v) is 5.85. The number of rotatable bonds is 6. The quantitative estimate of drug-likeness (QED) is 0.472. The van der Waals surface area contributed by atoms with Crippen LogP contribution in [0.1, 0.15) is 28.9 Å². The Morgan fingerprint density at radius 3 is 2.15 bits per heavy atom. The Bertz CT molecular complexity index is 1260. The molecule has 2 N–H and O–H groups in total. The summed E-state index contributed by atoms with van der Waals surface area (Å²) in [6, 6.07) is 22.5. The highest BCUT2D eigenvalue weighted by Crippen LogP contribution is 2.34. The number of para-hydroxylation sites is 1. The smallest absolute Gasteiger partial charge is 0.283 e. The highest BCUT2D eigenvalue weighted by Gasteiger charge is 2.39. The van der Waals surface area contributed by atoms with Crippen LogP contribution in [0.2, 0.25) is 5.02 Å². The van der Waals surface area contributed by atoms with Crippen LogP contribution in [-0.2, 0) is 9.59 Å². The number of hydrogen-bond donors (Lipinski definition) is 2. The summed E-state index contributed by atoms with van der Waals surface area (Å²) >= 11 is 12.3. The van der Waals surface area contributed by atoms with Gasteiger partial charge in [0.05, 0.1) is 16.8 Å². The first-order valence-corrected chi connectivity index (χ1v) is 10.9. The summed E-state index contributed by atoms with van der Waals surface area (Å²) < 4.78 is 0. The molecular formula is C25H19Cl2N3O3. The molecule has 3 amide bonds. The Labute approximate surface area is 200 Å². The molecule has 33 heavy (non-hydrogen) atoms. The average Bonchev–Trinajstić information content (AvgIpc) is 3.03. The minimum absolute atomic E-state index is 0.0588. The molecule has 1 aliphatic heterocycles. The van der Waals surface area contributed by atoms with Crippen molar-refractivity contribution in [2.75, 3.05) is 10.2 Å². The van der Waals surface area contributed by atoms with Crippen LogP contribution in [0.4, 0.5) is 11.4 Å². The Kier molecular flexibility index (Phi) is 6.49. The number of hydrogen-bond acceptors (Lipinski definition) is 4. The van der Waals surface area contributed by atoms with Gasteiger partial charge in [0.2, 0.25) is 0 Å². The van der Waals surface area contributed by atoms with E-state index in [2.05, 4.69) is 10.6 Å². The lowest BCUT2D eigenvalue weighted by Gasteiger charge is -2.16. The Balaban J connectivity index is 1.46. The Morgan fingerprint density at radius 1 is 0.848 bits per heavy atom. The molecule has 0 spiro atoms. The summed E-state index contributed by atoms with van der Waals surface area (Å²) in [5.74, 6) is -1.51. The van der Waals surface area contributed by atoms with E-state index in [4.69, 9.17) is 23.2 Å². The molecule has 1 unspecified atom stereocenters. The van der Waals surface area contributed by atoms with E-state index in [-0.39, 0.29) is 33.4 Å². The largest absolute Gasteiger partial charge is 0.350 e. The first kappa shape index (κ1) is 22.6. The van der Waals surface area contributed by atoms with Gasteiger partial charge in [-0.2, -0.15) is 0 Å². The third-order valence-electron chi connectivity index (χ3n) is 5.18. The number of carbonyl (C=O) groups is 3. The molecule has 1 heterocycles. The number of imide groups is 1. The molecule has 0 aromatic heterocycles. The molecular weight excluding hydrogens is 461 g/mol. The van der Waals surface area contributed by atoms with Crippen LogP contribution < -0.4 is 15.5 Å². The van der Waals surface area contributed by atoms with E-state index in [1.165, 1.54) is 0 Å². The first-order chi connectivity index (χ1) is 15.9. The zero-order chi connectivity index (χ0) is 23.5. The normalized spacial score (nSPS) is 14.5. The van der Waals surface area contributed by atoms with Gasteiger partial charge >= 0.3 is 0 Å². The van der Waals surface area contributed by atoms with Crippen molar-refractivity contribution in [1.29, 1.82) is 0 Å². The number of nitrogens with zero attached hydrogens (tertiary/aromatic N) is 1. The Morgan fingerprint density at radius 2 is 1.48 bits per heavy atom. The van der Waals surface area contributed by atoms with Gasteiger partial charge in [-0.05, 0) is 48.9 Å². The van der Waals surface area contributed by atoms with Gasteiger partial charge in [0.25, 0.3) is 17.7 Å². The van der Waals surface area contributed by atoms with Crippen LogP contribution in [0.15, 0.2) is 89.6 Å². The van der Waals surface area contributed by atoms with Gasteiger partial charge in [0.15, 0.2) is 0 Å². The Hall–Kier alpha value is -3.61. The van der Waals surface area contributed by atoms with Crippen molar-refractivity contribution >= 4 is 52.3 Å². The third kappa shape index (κ3) is 4.62. The van der Waals surface area contributed by atoms with Crippen molar-refractivity contribution in [1.82, 2.24) is 5.32 Å². The van der Waals surface area contributed by atoms with E-state index in [9.17, 15) is 14.4 Å². The van der Waals surface area contributed by atoms with Crippen molar-refractivity contribution in [2.24, 2.45) is 0 Å². The number of nitrogens with one attached hydrogen (secondary N) is 2. The zero-order valence-corrected chi connectivity index (χ0v) is 19.0. The second-order valence-corrected chi connectivity index (χ2v) is 8.18. The van der Waals surface area contributed by atoms with Crippen molar-refractivity contribution < 1.29 is 14.4 Å². The first-order valence-electron chi connectivity index (χ1n) is 10.1. The van der Waals surface area contributed by atoms with Crippen LogP contribution in [0, 0.1) is 0 Å². The van der Waals surface area contributed by atoms with Crippen LogP contribution in [0.25, 0.3) is 0 Å². The fraction of sp³-hybridized carbons (Fsp3) is 0.0800. The molecule has 0 fully saturated rings. The standard InChI is InChI=1S/C25H19Cl2N3O3/c1-15(16-7-3-2-4-8-16)28-23(31)17-11-13-18(14-12-17)29-22-21(27)24(32)30(25(22)33)20-10-6-5-9-19(20)26/h2-15,29H,1H3,(H,28,31). The number of carbonyl (C=O) groups excluding carboxylic acids is 3. The molecule has 0 radical (unpaired) electrons. The second kappa shape index (κ2) is 9.48. The molecule has 3 aromatic carbocycles. The minimum Gasteiger partial charge on any atom is -0.350 e. The van der Waals surface area contributed by atoms with Crippen LogP contribution in [0.3, 0.4) is 0 Å². The maximum atomic E-state index is 12.9. The molecule has 1 aliphatic rings. The summed E-state index contributed by atoms with van der Waals surface area (Å²) in [4.78, 5) is 39.0. The number of benzene rings is 3. The molecule has 166 valence electrons. The number of amides is 3. The molecule has 3 aromatic rings. The van der Waals surface area contributed by atoms with Gasteiger partial charge in [-0.15, -0.1) is 0 Å². The lowest BCUT2D eigenvalue weighted by atomic mass is 10.1. The van der Waals surface area contributed by atoms with Gasteiger partial charge < -0.3 is 10.6 Å². The van der Waals surface area contributed by atoms with Gasteiger partial charge in [0, 0.05) is 11.3 Å². The average molecular weight is 480 g/mol. The van der Waals surface area contributed by atoms with E-state index in [1.54, 1.807) is 48.5 Å². The van der Waals surface area contributed by atoms with E-state index in [0.29, 0.717) is 11.3 Å². The van der Waals surface area contributed by atoms with E-state index in [1.807, 2.05) is 37.3 Å². The van der Waals surface area contributed by atoms with Crippen LogP contribution in [0.5, 0.6) is 0 Å². The lowest BCUT2D eigenvalue weighted by molar-refractivity contribution is -0.120. The molecule has 8 heteroatoms. The van der Waals surface area contributed by atoms with Crippen LogP contribution >= 0.6 is 23.2 Å². The molecule has 4 rings (SSSR count). The van der Waals surface area contributed by atoms with Crippen molar-refractivity contribution in [3.05, 3.63) is 106 Å². The van der Waals surface area contributed by atoms with Gasteiger partial charge in [-0.1, -0.05) is 65.7 Å². The summed E-state index contributed by atoms with van der Waals surface area (Å²) in [6.07, 6.45) is 0. The van der Waals surface area contributed by atoms with Crippen LogP contribution in [-0.4, -0.2) is 17.7 Å². The fourth-order valence-electron chi connectivity index (χ4n) is 3.42. The minimum atomic E-state index is -0.664. The molecule has 0 saturated carbocycles. The number of halogens is 2. The van der Waals surface area contributed by atoms with E-state index < -0.39 is 11.8 Å². The predicted octanol–water partition coefficient (Wildman–Crippen LogP) is 5.27. The summed E-state index contributed by atoms with van der Waals surface area (Å²) in [6.45, 7) is 1.91. The monoisotopic (exact) mass is 479 g/mol. The van der Waals surface area contributed by atoms with Gasteiger partial charge in [-0.3, -0.25) is 14.4 Å². The SMILES string of the molecule is CC(NC(=O)c1ccc(NC2=C(Cl)C(=O)N(c3ccccc3Cl)C2=O)cc1)c1ccccc1.